The van der Waals surface area contributed by atoms with Crippen molar-refractivity contribution in [1.29, 1.82) is 0 Å². The molecule has 0 aromatic heterocycles. The lowest BCUT2D eigenvalue weighted by atomic mass is 10.2. The van der Waals surface area contributed by atoms with Gasteiger partial charge in [0.2, 0.25) is 10.0 Å². The van der Waals surface area contributed by atoms with Crippen LogP contribution in [0, 0.1) is 0 Å². The smallest absolute Gasteiger partial charge is 0.238 e. The predicted octanol–water partition coefficient (Wildman–Crippen LogP) is 2.10. The molecule has 0 unspecified atom stereocenters. The van der Waals surface area contributed by atoms with E-state index in [1.54, 1.807) is 30.8 Å². The third-order valence-electron chi connectivity index (χ3n) is 3.94. The van der Waals surface area contributed by atoms with Gasteiger partial charge in [0.1, 0.15) is 5.75 Å². The monoisotopic (exact) mass is 430 g/mol. The van der Waals surface area contributed by atoms with E-state index in [1.165, 1.54) is 12.1 Å². The molecule has 0 aliphatic heterocycles. The summed E-state index contributed by atoms with van der Waals surface area (Å²) in [6.07, 6.45) is 2.98. The van der Waals surface area contributed by atoms with Crippen LogP contribution in [0.4, 0.5) is 5.69 Å². The van der Waals surface area contributed by atoms with Crippen LogP contribution in [0.1, 0.15) is 5.56 Å². The molecule has 0 aliphatic carbocycles. The molecule has 2 aromatic rings. The molecule has 0 heterocycles. The Morgan fingerprint density at radius 2 is 1.78 bits per heavy atom. The van der Waals surface area contributed by atoms with Gasteiger partial charge in [0.15, 0.2) is 9.84 Å². The normalized spacial score (nSPS) is 12.0. The molecule has 27 heavy (non-hydrogen) atoms. The van der Waals surface area contributed by atoms with E-state index in [9.17, 15) is 16.8 Å². The second-order valence-electron chi connectivity index (χ2n) is 5.99. The number of thioether (sulfide) groups is 1. The van der Waals surface area contributed by atoms with Crippen molar-refractivity contribution in [1.82, 2.24) is 0 Å². The molecule has 2 aromatic carbocycles. The zero-order valence-corrected chi connectivity index (χ0v) is 17.9. The first-order valence-corrected chi connectivity index (χ1v) is 12.4. The zero-order chi connectivity index (χ0) is 20.4. The number of methoxy groups -OCH3 is 1. The van der Waals surface area contributed by atoms with Gasteiger partial charge in [0.05, 0.1) is 22.6 Å². The number of anilines is 1. The molecule has 0 aliphatic rings. The summed E-state index contributed by atoms with van der Waals surface area (Å²) in [6.45, 7) is 0.405. The highest BCUT2D eigenvalue weighted by Crippen LogP contribution is 2.31. The molecule has 0 radical (unpaired) electrons. The minimum atomic E-state index is -4.01. The van der Waals surface area contributed by atoms with Crippen molar-refractivity contribution in [3.63, 3.8) is 0 Å². The van der Waals surface area contributed by atoms with Crippen LogP contribution < -0.4 is 14.8 Å². The van der Waals surface area contributed by atoms with Gasteiger partial charge in [-0.1, -0.05) is 6.07 Å². The summed E-state index contributed by atoms with van der Waals surface area (Å²) in [6, 6.07) is 9.60. The van der Waals surface area contributed by atoms with E-state index in [4.69, 9.17) is 9.88 Å². The molecule has 0 bridgehead atoms. The second-order valence-corrected chi connectivity index (χ2v) is 10.4. The Kier molecular flexibility index (Phi) is 6.46. The Labute approximate surface area is 164 Å². The maximum absolute atomic E-state index is 12.2. The van der Waals surface area contributed by atoms with Crippen LogP contribution >= 0.6 is 11.8 Å². The Morgan fingerprint density at radius 3 is 2.30 bits per heavy atom. The molecule has 2 N–H and O–H groups in total. The maximum atomic E-state index is 12.2. The molecular weight excluding hydrogens is 408 g/mol. The van der Waals surface area contributed by atoms with Gasteiger partial charge in [0.25, 0.3) is 0 Å². The number of primary sulfonamides is 1. The number of benzene rings is 2. The van der Waals surface area contributed by atoms with Crippen molar-refractivity contribution in [2.75, 3.05) is 31.6 Å². The number of nitrogens with two attached hydrogens (primary N) is 1. The van der Waals surface area contributed by atoms with Gasteiger partial charge in [-0.2, -0.15) is 0 Å². The summed E-state index contributed by atoms with van der Waals surface area (Å²) >= 11 is 1.57. The van der Waals surface area contributed by atoms with E-state index in [1.807, 2.05) is 24.5 Å². The Bertz CT molecular complexity index is 1050. The van der Waals surface area contributed by atoms with Gasteiger partial charge in [0, 0.05) is 24.7 Å². The molecule has 0 saturated carbocycles. The molecular formula is C17H22N2O5S3. The summed E-state index contributed by atoms with van der Waals surface area (Å²) in [5, 5.41) is 5.13. The standard InChI is InChI=1S/C17H22N2O5S3/c1-19(11-12-5-8-16(25-3)15(9-12)24-2)14-7-6-13(27(18,22)23)10-17(14)26(4,20)21/h5-10H,11H2,1-4H3,(H2,18,22,23). The van der Waals surface area contributed by atoms with Crippen LogP contribution in [-0.4, -0.2) is 43.5 Å². The van der Waals surface area contributed by atoms with Crippen LogP contribution in [0.15, 0.2) is 51.1 Å². The molecule has 148 valence electrons. The summed E-state index contributed by atoms with van der Waals surface area (Å²) in [4.78, 5) is 2.39. The van der Waals surface area contributed by atoms with Crippen molar-refractivity contribution in [3.05, 3.63) is 42.0 Å². The van der Waals surface area contributed by atoms with Crippen molar-refractivity contribution in [2.45, 2.75) is 21.2 Å². The lowest BCUT2D eigenvalue weighted by Gasteiger charge is -2.23. The van der Waals surface area contributed by atoms with Crippen molar-refractivity contribution >= 4 is 37.3 Å². The predicted molar refractivity (Wildman–Crippen MR) is 108 cm³/mol. The van der Waals surface area contributed by atoms with Crippen molar-refractivity contribution < 1.29 is 21.6 Å². The maximum Gasteiger partial charge on any atom is 0.238 e. The van der Waals surface area contributed by atoms with Crippen molar-refractivity contribution in [3.8, 4) is 5.75 Å². The van der Waals surface area contributed by atoms with Crippen molar-refractivity contribution in [2.24, 2.45) is 5.14 Å². The first kappa shape index (κ1) is 21.5. The summed E-state index contributed by atoms with van der Waals surface area (Å²) in [5.74, 6) is 0.737. The van der Waals surface area contributed by atoms with Gasteiger partial charge in [-0.25, -0.2) is 22.0 Å². The van der Waals surface area contributed by atoms with Gasteiger partial charge in [-0.15, -0.1) is 11.8 Å². The minimum Gasteiger partial charge on any atom is -0.496 e. The molecule has 0 atom stereocenters. The van der Waals surface area contributed by atoms with Crippen LogP contribution in [0.25, 0.3) is 0 Å². The quantitative estimate of drug-likeness (QED) is 0.670. The number of sulfonamides is 1. The fourth-order valence-corrected chi connectivity index (χ4v) is 4.73. The number of hydrogen-bond donors (Lipinski definition) is 1. The molecule has 0 spiro atoms. The highest BCUT2D eigenvalue weighted by Gasteiger charge is 2.20. The highest BCUT2D eigenvalue weighted by atomic mass is 32.2. The lowest BCUT2D eigenvalue weighted by Crippen LogP contribution is -2.20. The topological polar surface area (TPSA) is 107 Å². The van der Waals surface area contributed by atoms with Gasteiger partial charge in [-0.3, -0.25) is 0 Å². The van der Waals surface area contributed by atoms with E-state index < -0.39 is 19.9 Å². The van der Waals surface area contributed by atoms with E-state index >= 15 is 0 Å². The van der Waals surface area contributed by atoms with Crippen LogP contribution in [-0.2, 0) is 26.4 Å². The Balaban J connectivity index is 2.46. The van der Waals surface area contributed by atoms with E-state index in [-0.39, 0.29) is 9.79 Å². The number of sulfone groups is 1. The molecule has 2 rings (SSSR count). The van der Waals surface area contributed by atoms with E-state index in [0.29, 0.717) is 12.2 Å². The zero-order valence-electron chi connectivity index (χ0n) is 15.5. The van der Waals surface area contributed by atoms with Crippen LogP contribution in [0.3, 0.4) is 0 Å². The summed E-state index contributed by atoms with van der Waals surface area (Å²) in [5.41, 5.74) is 1.31. The average molecular weight is 431 g/mol. The largest absolute Gasteiger partial charge is 0.496 e. The molecule has 10 heteroatoms. The minimum absolute atomic E-state index is 0.0933. The van der Waals surface area contributed by atoms with Gasteiger partial charge in [-0.05, 0) is 42.2 Å². The van der Waals surface area contributed by atoms with Gasteiger partial charge >= 0.3 is 0 Å². The summed E-state index contributed by atoms with van der Waals surface area (Å²) in [7, 11) is -4.35. The Morgan fingerprint density at radius 1 is 1.11 bits per heavy atom. The summed E-state index contributed by atoms with van der Waals surface area (Å²) < 4.78 is 52.9. The van der Waals surface area contributed by atoms with Crippen LogP contribution in [0.2, 0.25) is 0 Å². The first-order valence-electron chi connectivity index (χ1n) is 7.76. The number of ether oxygens (including phenoxy) is 1. The molecule has 0 fully saturated rings. The van der Waals surface area contributed by atoms with E-state index in [2.05, 4.69) is 0 Å². The number of hydrogen-bond acceptors (Lipinski definition) is 7. The first-order chi connectivity index (χ1) is 12.5. The molecule has 7 nitrogen and oxygen atoms in total. The average Bonchev–Trinajstić information content (AvgIpc) is 2.59. The fourth-order valence-electron chi connectivity index (χ4n) is 2.62. The number of rotatable bonds is 7. The third-order valence-corrected chi connectivity index (χ3v) is 6.75. The molecule has 0 amide bonds. The molecule has 0 saturated heterocycles. The Hall–Kier alpha value is -1.75. The lowest BCUT2D eigenvalue weighted by molar-refractivity contribution is 0.404. The van der Waals surface area contributed by atoms with Gasteiger partial charge < -0.3 is 9.64 Å². The second kappa shape index (κ2) is 8.09. The fraction of sp³-hybridized carbons (Fsp3) is 0.294. The third kappa shape index (κ3) is 5.16. The van der Waals surface area contributed by atoms with Crippen LogP contribution in [0.5, 0.6) is 5.75 Å². The van der Waals surface area contributed by atoms with E-state index in [0.717, 1.165) is 28.5 Å². The SMILES string of the molecule is COc1cc(CN(C)c2ccc(S(N)(=O)=O)cc2S(C)(=O)=O)ccc1SC. The highest BCUT2D eigenvalue weighted by molar-refractivity contribution is 7.98. The number of nitrogens with zero attached hydrogens (tertiary/aromatic N) is 1.